The number of nitrogens with one attached hydrogen (secondary N) is 3. The van der Waals surface area contributed by atoms with E-state index in [0.29, 0.717) is 18.8 Å². The van der Waals surface area contributed by atoms with E-state index in [1.54, 1.807) is 14.2 Å². The molecular formula is C32H40N3O3. The first-order valence-electron chi connectivity index (χ1n) is 13.2. The Morgan fingerprint density at radius 1 is 0.842 bits per heavy atom. The number of rotatable bonds is 14. The van der Waals surface area contributed by atoms with E-state index in [4.69, 9.17) is 4.74 Å². The average Bonchev–Trinajstić information content (AvgIpc) is 2.95. The highest BCUT2D eigenvalue weighted by Crippen LogP contribution is 2.20. The number of hydrogen-bond acceptors (Lipinski definition) is 4. The molecule has 0 spiro atoms. The van der Waals surface area contributed by atoms with Crippen LogP contribution in [0.1, 0.15) is 36.5 Å². The number of ether oxygens (including phenoxy) is 1. The molecule has 2 amide bonds. The maximum absolute atomic E-state index is 12.9. The van der Waals surface area contributed by atoms with Crippen LogP contribution in [0.15, 0.2) is 78.9 Å². The molecule has 1 radical (unpaired) electrons. The molecule has 6 heteroatoms. The van der Waals surface area contributed by atoms with Gasteiger partial charge in [-0.3, -0.25) is 9.59 Å². The highest BCUT2D eigenvalue weighted by atomic mass is 16.5. The quantitative estimate of drug-likeness (QED) is 0.277. The van der Waals surface area contributed by atoms with Crippen molar-refractivity contribution in [2.45, 2.75) is 45.2 Å². The summed E-state index contributed by atoms with van der Waals surface area (Å²) in [5.74, 6) is 0.281. The lowest BCUT2D eigenvalue weighted by Crippen LogP contribution is -2.48. The molecule has 0 saturated carbocycles. The lowest BCUT2D eigenvalue weighted by atomic mass is 9.92. The standard InChI is InChI=1S/C32H40N3O3/c1-23(19-27-11-8-12-28(20-27)34-22-26-9-6-5-7-10-26)13-14-24(2)31(36)35-30(32(37)33-3)21-25-15-17-29(38-4)18-16-25/h5-12,15-18,20,23-24,30,34H,2,13-14,19,21-22H2,1,3-4H3,(H,33,37)(H,35,36). The summed E-state index contributed by atoms with van der Waals surface area (Å²) >= 11 is 0. The molecule has 3 N–H and O–H groups in total. The molecule has 0 saturated heterocycles. The maximum atomic E-state index is 12.9. The van der Waals surface area contributed by atoms with Gasteiger partial charge in [-0.1, -0.05) is 61.5 Å². The predicted octanol–water partition coefficient (Wildman–Crippen LogP) is 5.19. The van der Waals surface area contributed by atoms with Crippen molar-refractivity contribution in [1.29, 1.82) is 0 Å². The van der Waals surface area contributed by atoms with Gasteiger partial charge in [0.05, 0.1) is 7.11 Å². The number of likely N-dealkylation sites (N-methyl/N-ethyl adjacent to an activating group) is 1. The van der Waals surface area contributed by atoms with Crippen molar-refractivity contribution in [2.75, 3.05) is 19.5 Å². The Kier molecular flexibility index (Phi) is 11.2. The Morgan fingerprint density at radius 2 is 1.55 bits per heavy atom. The first-order chi connectivity index (χ1) is 18.4. The van der Waals surface area contributed by atoms with Crippen molar-refractivity contribution < 1.29 is 14.3 Å². The summed E-state index contributed by atoms with van der Waals surface area (Å²) in [4.78, 5) is 25.3. The van der Waals surface area contributed by atoms with E-state index in [2.05, 4.69) is 66.2 Å². The minimum absolute atomic E-state index is 0.202. The van der Waals surface area contributed by atoms with E-state index in [9.17, 15) is 9.59 Å². The maximum Gasteiger partial charge on any atom is 0.242 e. The molecule has 3 atom stereocenters. The zero-order valence-electron chi connectivity index (χ0n) is 22.7. The Hall–Kier alpha value is -3.80. The fourth-order valence-corrected chi connectivity index (χ4v) is 4.40. The van der Waals surface area contributed by atoms with Crippen molar-refractivity contribution >= 4 is 17.5 Å². The van der Waals surface area contributed by atoms with Crippen molar-refractivity contribution in [1.82, 2.24) is 10.6 Å². The van der Waals surface area contributed by atoms with Crippen LogP contribution in [0.5, 0.6) is 5.75 Å². The van der Waals surface area contributed by atoms with Crippen LogP contribution in [0.25, 0.3) is 0 Å². The molecule has 201 valence electrons. The molecule has 0 heterocycles. The number of benzene rings is 3. The summed E-state index contributed by atoms with van der Waals surface area (Å²) in [7, 11) is 3.18. The normalized spacial score (nSPS) is 13.2. The minimum atomic E-state index is -0.659. The van der Waals surface area contributed by atoms with Crippen molar-refractivity contribution in [3.63, 3.8) is 0 Å². The Bertz CT molecular complexity index is 1150. The number of hydrogen-bond donors (Lipinski definition) is 3. The molecule has 3 rings (SSSR count). The van der Waals surface area contributed by atoms with Crippen LogP contribution in [0.4, 0.5) is 5.69 Å². The largest absolute Gasteiger partial charge is 0.497 e. The summed E-state index contributed by atoms with van der Waals surface area (Å²) < 4.78 is 5.20. The van der Waals surface area contributed by atoms with E-state index in [1.807, 2.05) is 42.5 Å². The second-order valence-corrected chi connectivity index (χ2v) is 9.85. The second kappa shape index (κ2) is 14.8. The summed E-state index contributed by atoms with van der Waals surface area (Å²) in [6.45, 7) is 7.07. The summed E-state index contributed by atoms with van der Waals surface area (Å²) in [5, 5.41) is 9.04. The van der Waals surface area contributed by atoms with Crippen molar-refractivity contribution in [2.24, 2.45) is 11.8 Å². The third-order valence-electron chi connectivity index (χ3n) is 6.71. The molecule has 0 aromatic heterocycles. The second-order valence-electron chi connectivity index (χ2n) is 9.85. The van der Waals surface area contributed by atoms with Gasteiger partial charge < -0.3 is 20.7 Å². The number of amides is 2. The van der Waals surface area contributed by atoms with Crippen molar-refractivity contribution in [3.05, 3.63) is 102 Å². The van der Waals surface area contributed by atoms with E-state index in [-0.39, 0.29) is 11.8 Å². The SMILES string of the molecule is [CH2]C(CCC(C)Cc1cccc(NCc2ccccc2)c1)C(=O)NC(Cc1ccc(OC)cc1)C(=O)NC. The molecule has 3 unspecified atom stereocenters. The molecule has 0 fully saturated rings. The van der Waals surface area contributed by atoms with E-state index in [0.717, 1.165) is 36.4 Å². The van der Waals surface area contributed by atoms with Crippen LogP contribution in [0.2, 0.25) is 0 Å². The van der Waals surface area contributed by atoms with Gasteiger partial charge in [0, 0.05) is 31.6 Å². The van der Waals surface area contributed by atoms with Crippen LogP contribution < -0.4 is 20.7 Å². The number of carbonyl (C=O) groups excluding carboxylic acids is 2. The zero-order valence-corrected chi connectivity index (χ0v) is 22.7. The smallest absolute Gasteiger partial charge is 0.242 e. The number of anilines is 1. The molecule has 0 aliphatic heterocycles. The molecular weight excluding hydrogens is 474 g/mol. The van der Waals surface area contributed by atoms with Gasteiger partial charge in [-0.25, -0.2) is 0 Å². The van der Waals surface area contributed by atoms with Crippen LogP contribution in [-0.2, 0) is 29.0 Å². The number of carbonyl (C=O) groups is 2. The summed E-state index contributed by atoms with van der Waals surface area (Å²) in [6, 6.07) is 25.7. The molecule has 0 aliphatic carbocycles. The third kappa shape index (κ3) is 9.25. The van der Waals surface area contributed by atoms with Gasteiger partial charge in [0.1, 0.15) is 11.8 Å². The van der Waals surface area contributed by atoms with Crippen LogP contribution in [0.3, 0.4) is 0 Å². The third-order valence-corrected chi connectivity index (χ3v) is 6.71. The highest BCUT2D eigenvalue weighted by molar-refractivity contribution is 5.88. The fraction of sp³-hybridized carbons (Fsp3) is 0.344. The minimum Gasteiger partial charge on any atom is -0.497 e. The predicted molar refractivity (Wildman–Crippen MR) is 154 cm³/mol. The lowest BCUT2D eigenvalue weighted by molar-refractivity contribution is -0.130. The van der Waals surface area contributed by atoms with E-state index in [1.165, 1.54) is 11.1 Å². The Labute approximate surface area is 227 Å². The van der Waals surface area contributed by atoms with Gasteiger partial charge in [0.15, 0.2) is 0 Å². The van der Waals surface area contributed by atoms with Gasteiger partial charge in [0.25, 0.3) is 0 Å². The molecule has 3 aromatic carbocycles. The monoisotopic (exact) mass is 514 g/mol. The van der Waals surface area contributed by atoms with Gasteiger partial charge >= 0.3 is 0 Å². The van der Waals surface area contributed by atoms with E-state index < -0.39 is 12.0 Å². The van der Waals surface area contributed by atoms with Crippen molar-refractivity contribution in [3.8, 4) is 5.75 Å². The molecule has 3 aromatic rings. The van der Waals surface area contributed by atoms with Gasteiger partial charge in [-0.15, -0.1) is 0 Å². The molecule has 0 bridgehead atoms. The number of methoxy groups -OCH3 is 1. The van der Waals surface area contributed by atoms with E-state index >= 15 is 0 Å². The van der Waals surface area contributed by atoms with Crippen LogP contribution >= 0.6 is 0 Å². The van der Waals surface area contributed by atoms with Gasteiger partial charge in [-0.2, -0.15) is 0 Å². The first-order valence-corrected chi connectivity index (χ1v) is 13.2. The van der Waals surface area contributed by atoms with Crippen LogP contribution in [0, 0.1) is 18.8 Å². The zero-order chi connectivity index (χ0) is 27.3. The molecule has 0 aliphatic rings. The Balaban J connectivity index is 1.47. The topological polar surface area (TPSA) is 79.5 Å². The lowest BCUT2D eigenvalue weighted by Gasteiger charge is -2.21. The summed E-state index contributed by atoms with van der Waals surface area (Å²) in [6.07, 6.45) is 2.84. The molecule has 6 nitrogen and oxygen atoms in total. The van der Waals surface area contributed by atoms with Gasteiger partial charge in [0.2, 0.25) is 11.8 Å². The molecule has 38 heavy (non-hydrogen) atoms. The highest BCUT2D eigenvalue weighted by Gasteiger charge is 2.23. The summed E-state index contributed by atoms with van der Waals surface area (Å²) in [5.41, 5.74) is 4.55. The van der Waals surface area contributed by atoms with Gasteiger partial charge in [-0.05, 0) is 73.1 Å². The fourth-order valence-electron chi connectivity index (χ4n) is 4.40. The van der Waals surface area contributed by atoms with Crippen LogP contribution in [-0.4, -0.2) is 32.0 Å². The average molecular weight is 515 g/mol. The first kappa shape index (κ1) is 28.8. The Morgan fingerprint density at radius 3 is 2.24 bits per heavy atom.